The maximum Gasteiger partial charge on any atom is 0.246 e. The maximum absolute atomic E-state index is 16.1. The molecule has 12 heteroatoms. The lowest BCUT2D eigenvalue weighted by Crippen LogP contribution is -2.42. The third-order valence-electron chi connectivity index (χ3n) is 8.41. The third kappa shape index (κ3) is 5.54. The Morgan fingerprint density at radius 3 is 2.68 bits per heavy atom. The summed E-state index contributed by atoms with van der Waals surface area (Å²) in [5.41, 5.74) is 4.68. The number of ether oxygens (including phenoxy) is 2. The van der Waals surface area contributed by atoms with Gasteiger partial charge in [-0.3, -0.25) is 9.48 Å². The van der Waals surface area contributed by atoms with E-state index in [2.05, 4.69) is 11.9 Å². The molecule has 6 rings (SSSR count). The minimum absolute atomic E-state index is 0.00597. The van der Waals surface area contributed by atoms with E-state index in [1.165, 1.54) is 25.7 Å². The van der Waals surface area contributed by atoms with Gasteiger partial charge in [-0.1, -0.05) is 18.7 Å². The van der Waals surface area contributed by atoms with Crippen LogP contribution in [0, 0.1) is 17.0 Å². The van der Waals surface area contributed by atoms with Gasteiger partial charge in [0.2, 0.25) is 5.91 Å². The number of pyridine rings is 1. The molecule has 0 radical (unpaired) electrons. The summed E-state index contributed by atoms with van der Waals surface area (Å²) in [5.74, 6) is -1.87. The number of carbonyl (C=O) groups excluding carboxylic acids is 1. The van der Waals surface area contributed by atoms with E-state index < -0.39 is 11.6 Å². The molecule has 3 aromatic heterocycles. The normalized spacial score (nSPS) is 15.8. The van der Waals surface area contributed by atoms with Crippen molar-refractivity contribution in [2.75, 3.05) is 39.2 Å². The second kappa shape index (κ2) is 12.8. The zero-order chi connectivity index (χ0) is 33.4. The van der Waals surface area contributed by atoms with E-state index in [0.717, 1.165) is 17.8 Å². The summed E-state index contributed by atoms with van der Waals surface area (Å²) in [6.45, 7) is 8.19. The van der Waals surface area contributed by atoms with E-state index in [1.807, 2.05) is 36.7 Å². The number of methoxy groups -OCH3 is 1. The van der Waals surface area contributed by atoms with E-state index in [4.69, 9.17) is 29.4 Å². The fraction of sp³-hybridized carbons (Fsp3) is 0.257. The molecule has 0 saturated heterocycles. The quantitative estimate of drug-likeness (QED) is 0.0957. The Kier molecular flexibility index (Phi) is 8.61. The molecule has 1 aliphatic rings. The van der Waals surface area contributed by atoms with Crippen molar-refractivity contribution in [2.45, 2.75) is 25.9 Å². The summed E-state index contributed by atoms with van der Waals surface area (Å²) < 4.78 is 49.5. The summed E-state index contributed by atoms with van der Waals surface area (Å²) >= 11 is 0. The van der Waals surface area contributed by atoms with Crippen molar-refractivity contribution in [2.24, 2.45) is 0 Å². The molecule has 0 fully saturated rings. The van der Waals surface area contributed by atoms with Crippen LogP contribution in [0.15, 0.2) is 65.8 Å². The number of halogens is 2. The van der Waals surface area contributed by atoms with Crippen molar-refractivity contribution >= 4 is 28.8 Å². The SMILES string of the molecule is C=CC(=O)N1C[C@H](C)n2nc(-c3nc(-c4ccc(C=N)c(NC)c4)c4occc4c3-c3c(F)cc(F)cc3OCCOC)cc2[C@H]1C. The predicted molar refractivity (Wildman–Crippen MR) is 176 cm³/mol. The summed E-state index contributed by atoms with van der Waals surface area (Å²) in [5, 5.41) is 16.4. The van der Waals surface area contributed by atoms with Crippen LogP contribution in [0.2, 0.25) is 0 Å². The summed E-state index contributed by atoms with van der Waals surface area (Å²) in [7, 11) is 3.27. The number of hydrogen-bond donors (Lipinski definition) is 2. The molecule has 2 aromatic carbocycles. The first-order valence-electron chi connectivity index (χ1n) is 15.1. The zero-order valence-corrected chi connectivity index (χ0v) is 26.4. The van der Waals surface area contributed by atoms with Crippen LogP contribution in [0.25, 0.3) is 44.7 Å². The molecule has 0 saturated carbocycles. The molecule has 0 unspecified atom stereocenters. The Balaban J connectivity index is 1.66. The van der Waals surface area contributed by atoms with Gasteiger partial charge in [0.15, 0.2) is 5.58 Å². The Labute approximate surface area is 270 Å². The fourth-order valence-corrected chi connectivity index (χ4v) is 6.12. The van der Waals surface area contributed by atoms with Crippen LogP contribution in [0.1, 0.15) is 37.2 Å². The molecule has 0 spiro atoms. The number of furan rings is 1. The van der Waals surface area contributed by atoms with Crippen LogP contribution in [-0.2, 0) is 9.53 Å². The number of amides is 1. The standard InChI is InChI=1S/C35H34F2N6O4/c1-6-30(44)42-18-19(2)43-28(20(42)3)16-27(41-43)34-31(32-25(37)14-23(36)15-29(32)46-12-11-45-5)24-9-10-47-35(24)33(40-34)21-7-8-22(17-38)26(13-21)39-4/h6-10,13-17,19-20,38-39H,1,11-12,18H2,2-5H3/t19-,20+/m0/s1. The second-order valence-electron chi connectivity index (χ2n) is 11.3. The molecule has 5 aromatic rings. The van der Waals surface area contributed by atoms with Gasteiger partial charge in [0, 0.05) is 66.8 Å². The van der Waals surface area contributed by atoms with Crippen LogP contribution in [0.4, 0.5) is 14.5 Å². The number of benzene rings is 2. The van der Waals surface area contributed by atoms with Gasteiger partial charge >= 0.3 is 0 Å². The van der Waals surface area contributed by atoms with Crippen LogP contribution < -0.4 is 10.1 Å². The first-order chi connectivity index (χ1) is 22.7. The Morgan fingerprint density at radius 1 is 1.15 bits per heavy atom. The van der Waals surface area contributed by atoms with Gasteiger partial charge in [-0.05, 0) is 38.1 Å². The lowest BCUT2D eigenvalue weighted by Gasteiger charge is -2.36. The van der Waals surface area contributed by atoms with Crippen LogP contribution in [-0.4, -0.2) is 65.7 Å². The van der Waals surface area contributed by atoms with Crippen molar-refractivity contribution in [3.8, 4) is 39.5 Å². The minimum Gasteiger partial charge on any atom is -0.490 e. The summed E-state index contributed by atoms with van der Waals surface area (Å²) in [6.07, 6.45) is 4.03. The van der Waals surface area contributed by atoms with Gasteiger partial charge in [0.25, 0.3) is 0 Å². The number of aromatic nitrogens is 3. The maximum atomic E-state index is 16.1. The largest absolute Gasteiger partial charge is 0.490 e. The number of nitrogens with zero attached hydrogens (tertiary/aromatic N) is 4. The molecule has 4 heterocycles. The van der Waals surface area contributed by atoms with Crippen molar-refractivity contribution in [3.63, 3.8) is 0 Å². The average Bonchev–Trinajstić information content (AvgIpc) is 3.74. The van der Waals surface area contributed by atoms with Gasteiger partial charge in [0.1, 0.15) is 41.1 Å². The summed E-state index contributed by atoms with van der Waals surface area (Å²) in [6, 6.07) is 10.5. The van der Waals surface area contributed by atoms with E-state index in [0.29, 0.717) is 57.0 Å². The zero-order valence-electron chi connectivity index (χ0n) is 26.4. The van der Waals surface area contributed by atoms with E-state index >= 15 is 4.39 Å². The first-order valence-corrected chi connectivity index (χ1v) is 15.1. The lowest BCUT2D eigenvalue weighted by atomic mass is 9.94. The average molecular weight is 641 g/mol. The monoisotopic (exact) mass is 640 g/mol. The molecule has 1 amide bonds. The molecule has 10 nitrogen and oxygen atoms in total. The number of hydrogen-bond acceptors (Lipinski definition) is 8. The first kappa shape index (κ1) is 31.6. The van der Waals surface area contributed by atoms with Crippen molar-refractivity contribution < 1.29 is 27.5 Å². The lowest BCUT2D eigenvalue weighted by molar-refractivity contribution is -0.129. The fourth-order valence-electron chi connectivity index (χ4n) is 6.12. The van der Waals surface area contributed by atoms with Crippen molar-refractivity contribution in [1.82, 2.24) is 19.7 Å². The van der Waals surface area contributed by atoms with Crippen LogP contribution >= 0.6 is 0 Å². The highest BCUT2D eigenvalue weighted by atomic mass is 19.1. The van der Waals surface area contributed by atoms with Crippen molar-refractivity contribution in [1.29, 1.82) is 5.41 Å². The predicted octanol–water partition coefficient (Wildman–Crippen LogP) is 7.02. The highest BCUT2D eigenvalue weighted by Crippen LogP contribution is 2.46. The second-order valence-corrected chi connectivity index (χ2v) is 11.3. The van der Waals surface area contributed by atoms with Crippen molar-refractivity contribution in [3.05, 3.63) is 84.3 Å². The molecule has 47 heavy (non-hydrogen) atoms. The van der Waals surface area contributed by atoms with Gasteiger partial charge in [-0.25, -0.2) is 13.8 Å². The molecule has 0 aliphatic carbocycles. The van der Waals surface area contributed by atoms with Crippen LogP contribution in [0.5, 0.6) is 5.75 Å². The molecular formula is C35H34F2N6O4. The number of fused-ring (bicyclic) bond motifs is 2. The van der Waals surface area contributed by atoms with Crippen LogP contribution in [0.3, 0.4) is 0 Å². The Bertz CT molecular complexity index is 2020. The van der Waals surface area contributed by atoms with Gasteiger partial charge in [-0.15, -0.1) is 0 Å². The van der Waals surface area contributed by atoms with E-state index in [-0.39, 0.29) is 42.5 Å². The third-order valence-corrected chi connectivity index (χ3v) is 8.41. The molecule has 0 bridgehead atoms. The number of nitrogens with one attached hydrogen (secondary N) is 2. The number of anilines is 1. The molecule has 2 N–H and O–H groups in total. The molecule has 2 atom stereocenters. The van der Waals surface area contributed by atoms with E-state index in [9.17, 15) is 9.18 Å². The topological polar surface area (TPSA) is 119 Å². The molecule has 242 valence electrons. The number of carbonyl (C=O) groups is 1. The van der Waals surface area contributed by atoms with Gasteiger partial charge in [-0.2, -0.15) is 5.10 Å². The summed E-state index contributed by atoms with van der Waals surface area (Å²) in [4.78, 5) is 19.5. The molecular weight excluding hydrogens is 606 g/mol. The Morgan fingerprint density at radius 2 is 1.96 bits per heavy atom. The molecule has 1 aliphatic heterocycles. The van der Waals surface area contributed by atoms with Gasteiger partial charge in [0.05, 0.1) is 36.2 Å². The Hall–Kier alpha value is -5.36. The van der Waals surface area contributed by atoms with Gasteiger partial charge < -0.3 is 29.5 Å². The smallest absolute Gasteiger partial charge is 0.246 e. The highest BCUT2D eigenvalue weighted by molar-refractivity contribution is 6.07. The highest BCUT2D eigenvalue weighted by Gasteiger charge is 2.34. The van der Waals surface area contributed by atoms with E-state index in [1.54, 1.807) is 24.1 Å². The number of rotatable bonds is 10. The minimum atomic E-state index is -0.850.